The van der Waals surface area contributed by atoms with Crippen molar-refractivity contribution in [2.45, 2.75) is 59.9 Å². The first kappa shape index (κ1) is 30.0. The highest BCUT2D eigenvalue weighted by Crippen LogP contribution is 2.40. The first-order chi connectivity index (χ1) is 19.5. The van der Waals surface area contributed by atoms with Gasteiger partial charge < -0.3 is 14.5 Å². The molecule has 0 radical (unpaired) electrons. The van der Waals surface area contributed by atoms with E-state index in [1.165, 1.54) is 18.2 Å². The van der Waals surface area contributed by atoms with Crippen LogP contribution in [0, 0.1) is 27.7 Å². The number of esters is 1. The number of amides is 1. The second kappa shape index (κ2) is 12.7. The SMILES string of the molecule is CCN=Nc1c(N(C)C)ccc([C@@H](CC(=O)OC)c2ccc3c(c2)CN(C(=O)c2cc(C)c(C)c(C)c2)CC3)c1C. The summed E-state index contributed by atoms with van der Waals surface area (Å²) in [4.78, 5) is 30.2. The highest BCUT2D eigenvalue weighted by molar-refractivity contribution is 5.95. The summed E-state index contributed by atoms with van der Waals surface area (Å²) < 4.78 is 5.12. The molecule has 0 spiro atoms. The minimum atomic E-state index is -0.276. The number of anilines is 1. The molecule has 0 bridgehead atoms. The molecule has 1 aliphatic rings. The van der Waals surface area contributed by atoms with E-state index in [1.807, 2.05) is 55.9 Å². The van der Waals surface area contributed by atoms with Gasteiger partial charge in [0.25, 0.3) is 5.91 Å². The summed E-state index contributed by atoms with van der Waals surface area (Å²) in [5.41, 5.74) is 11.4. The maximum absolute atomic E-state index is 13.5. The Balaban J connectivity index is 1.73. The summed E-state index contributed by atoms with van der Waals surface area (Å²) in [7, 11) is 5.40. The lowest BCUT2D eigenvalue weighted by molar-refractivity contribution is -0.140. The van der Waals surface area contributed by atoms with Crippen LogP contribution in [0.15, 0.2) is 52.7 Å². The van der Waals surface area contributed by atoms with Crippen molar-refractivity contribution in [3.63, 3.8) is 0 Å². The molecule has 7 heteroatoms. The Morgan fingerprint density at radius 1 is 0.976 bits per heavy atom. The largest absolute Gasteiger partial charge is 0.469 e. The average Bonchev–Trinajstić information content (AvgIpc) is 2.96. The number of hydrogen-bond acceptors (Lipinski definition) is 6. The minimum absolute atomic E-state index is 0.0550. The normalized spacial score (nSPS) is 13.7. The molecular formula is C34H42N4O3. The van der Waals surface area contributed by atoms with Crippen molar-refractivity contribution in [1.29, 1.82) is 0 Å². The molecule has 216 valence electrons. The molecule has 0 N–H and O–H groups in total. The van der Waals surface area contributed by atoms with Crippen molar-refractivity contribution >= 4 is 23.3 Å². The lowest BCUT2D eigenvalue weighted by Crippen LogP contribution is -2.36. The number of nitrogens with zero attached hydrogens (tertiary/aromatic N) is 4. The van der Waals surface area contributed by atoms with Crippen LogP contribution < -0.4 is 4.90 Å². The predicted octanol–water partition coefficient (Wildman–Crippen LogP) is 6.98. The second-order valence-electron chi connectivity index (χ2n) is 11.2. The van der Waals surface area contributed by atoms with Gasteiger partial charge in [0.05, 0.1) is 25.8 Å². The summed E-state index contributed by atoms with van der Waals surface area (Å²) in [6.45, 7) is 12.0. The van der Waals surface area contributed by atoms with E-state index < -0.39 is 0 Å². The molecule has 3 aromatic rings. The molecule has 1 amide bonds. The maximum atomic E-state index is 13.5. The van der Waals surface area contributed by atoms with E-state index in [-0.39, 0.29) is 24.2 Å². The van der Waals surface area contributed by atoms with Crippen molar-refractivity contribution in [3.05, 3.63) is 92.5 Å². The molecule has 1 aliphatic heterocycles. The second-order valence-corrected chi connectivity index (χ2v) is 11.2. The van der Waals surface area contributed by atoms with E-state index >= 15 is 0 Å². The van der Waals surface area contributed by atoms with E-state index in [0.717, 1.165) is 56.7 Å². The molecule has 3 aromatic carbocycles. The van der Waals surface area contributed by atoms with Crippen LogP contribution in [0.3, 0.4) is 0 Å². The van der Waals surface area contributed by atoms with Crippen LogP contribution in [0.25, 0.3) is 0 Å². The highest BCUT2D eigenvalue weighted by atomic mass is 16.5. The number of benzene rings is 3. The fourth-order valence-corrected chi connectivity index (χ4v) is 5.67. The number of carbonyl (C=O) groups excluding carboxylic acids is 2. The molecule has 41 heavy (non-hydrogen) atoms. The highest BCUT2D eigenvalue weighted by Gasteiger charge is 2.27. The van der Waals surface area contributed by atoms with Gasteiger partial charge in [0.15, 0.2) is 0 Å². The first-order valence-corrected chi connectivity index (χ1v) is 14.3. The molecule has 7 nitrogen and oxygen atoms in total. The van der Waals surface area contributed by atoms with Gasteiger partial charge in [-0.3, -0.25) is 9.59 Å². The molecular weight excluding hydrogens is 512 g/mol. The first-order valence-electron chi connectivity index (χ1n) is 14.3. The minimum Gasteiger partial charge on any atom is -0.469 e. The lowest BCUT2D eigenvalue weighted by atomic mass is 9.83. The summed E-state index contributed by atoms with van der Waals surface area (Å²) in [5, 5.41) is 8.84. The van der Waals surface area contributed by atoms with Crippen LogP contribution >= 0.6 is 0 Å². The number of carbonyl (C=O) groups is 2. The van der Waals surface area contributed by atoms with Crippen LogP contribution in [0.4, 0.5) is 11.4 Å². The summed E-state index contributed by atoms with van der Waals surface area (Å²) in [6.07, 6.45) is 0.997. The van der Waals surface area contributed by atoms with Crippen LogP contribution in [0.5, 0.6) is 0 Å². The van der Waals surface area contributed by atoms with Gasteiger partial charge in [-0.1, -0.05) is 24.3 Å². The zero-order valence-corrected chi connectivity index (χ0v) is 25.7. The van der Waals surface area contributed by atoms with Crippen LogP contribution in [-0.4, -0.2) is 51.1 Å². The number of aryl methyl sites for hydroxylation is 2. The molecule has 0 unspecified atom stereocenters. The third kappa shape index (κ3) is 6.34. The van der Waals surface area contributed by atoms with Gasteiger partial charge in [0, 0.05) is 38.7 Å². The van der Waals surface area contributed by atoms with Crippen molar-refractivity contribution in [2.24, 2.45) is 10.2 Å². The predicted molar refractivity (Wildman–Crippen MR) is 165 cm³/mol. The average molecular weight is 555 g/mol. The maximum Gasteiger partial charge on any atom is 0.306 e. The van der Waals surface area contributed by atoms with Gasteiger partial charge in [0.2, 0.25) is 0 Å². The van der Waals surface area contributed by atoms with Gasteiger partial charge in [0.1, 0.15) is 5.69 Å². The standard InChI is InChI=1S/C34H42N4O3/c1-9-35-36-33-24(5)29(12-13-31(33)37(6)7)30(19-32(39)41-8)26-11-10-25-14-15-38(20-28(25)18-26)34(40)27-16-21(2)23(4)22(3)17-27/h10-13,16-18,30H,9,14-15,19-20H2,1-8H3/t30-/m0/s1. The Labute approximate surface area is 244 Å². The lowest BCUT2D eigenvalue weighted by Gasteiger charge is -2.30. The van der Waals surface area contributed by atoms with Gasteiger partial charge >= 0.3 is 5.97 Å². The molecule has 0 saturated heterocycles. The monoisotopic (exact) mass is 554 g/mol. The molecule has 0 aromatic heterocycles. The fourth-order valence-electron chi connectivity index (χ4n) is 5.67. The number of ether oxygens (including phenoxy) is 1. The quantitative estimate of drug-likeness (QED) is 0.222. The zero-order chi connectivity index (χ0) is 29.8. The third-order valence-corrected chi connectivity index (χ3v) is 8.33. The van der Waals surface area contributed by atoms with Crippen LogP contribution in [-0.2, 0) is 22.5 Å². The summed E-state index contributed by atoms with van der Waals surface area (Å²) in [6, 6.07) is 14.6. The number of hydrogen-bond donors (Lipinski definition) is 0. The van der Waals surface area contributed by atoms with Gasteiger partial charge in [-0.15, -0.1) is 0 Å². The molecule has 1 atom stereocenters. The topological polar surface area (TPSA) is 74.6 Å². The van der Waals surface area contributed by atoms with Crippen LogP contribution in [0.1, 0.15) is 74.1 Å². The molecule has 0 fully saturated rings. The van der Waals surface area contributed by atoms with Crippen LogP contribution in [0.2, 0.25) is 0 Å². The molecule has 0 saturated carbocycles. The Hall–Kier alpha value is -4.00. The molecule has 0 aliphatic carbocycles. The zero-order valence-electron chi connectivity index (χ0n) is 25.7. The van der Waals surface area contributed by atoms with Crippen molar-refractivity contribution in [1.82, 2.24) is 4.90 Å². The van der Waals surface area contributed by atoms with Gasteiger partial charge in [-0.05, 0) is 104 Å². The van der Waals surface area contributed by atoms with Crippen molar-refractivity contribution < 1.29 is 14.3 Å². The van der Waals surface area contributed by atoms with E-state index in [0.29, 0.717) is 19.6 Å². The van der Waals surface area contributed by atoms with E-state index in [9.17, 15) is 9.59 Å². The Bertz CT molecular complexity index is 1470. The van der Waals surface area contributed by atoms with E-state index in [4.69, 9.17) is 4.74 Å². The number of azo groups is 1. The number of rotatable bonds is 8. The van der Waals surface area contributed by atoms with Gasteiger partial charge in [-0.2, -0.15) is 10.2 Å². The van der Waals surface area contributed by atoms with Gasteiger partial charge in [-0.25, -0.2) is 0 Å². The smallest absolute Gasteiger partial charge is 0.306 e. The molecule has 4 rings (SSSR count). The summed E-state index contributed by atoms with van der Waals surface area (Å²) >= 11 is 0. The Morgan fingerprint density at radius 2 is 1.68 bits per heavy atom. The fraction of sp³-hybridized carbons (Fsp3) is 0.412. The Kier molecular flexibility index (Phi) is 9.26. The Morgan fingerprint density at radius 3 is 2.32 bits per heavy atom. The molecule has 1 heterocycles. The number of fused-ring (bicyclic) bond motifs is 1. The summed E-state index contributed by atoms with van der Waals surface area (Å²) in [5.74, 6) is -0.449. The van der Waals surface area contributed by atoms with E-state index in [1.54, 1.807) is 0 Å². The van der Waals surface area contributed by atoms with E-state index in [2.05, 4.69) is 55.3 Å². The third-order valence-electron chi connectivity index (χ3n) is 8.33. The number of methoxy groups -OCH3 is 1. The van der Waals surface area contributed by atoms with Crippen molar-refractivity contribution in [2.75, 3.05) is 39.2 Å². The van der Waals surface area contributed by atoms with Crippen molar-refractivity contribution in [3.8, 4) is 0 Å².